The van der Waals surface area contributed by atoms with E-state index in [0.717, 1.165) is 30.0 Å². The van der Waals surface area contributed by atoms with Crippen LogP contribution in [0.1, 0.15) is 44.6 Å². The average molecular weight is 457 g/mol. The molecule has 0 atom stereocenters. The molecular formula is C25H32N2O4S. The molecule has 0 aliphatic rings. The molecule has 32 heavy (non-hydrogen) atoms. The van der Waals surface area contributed by atoms with E-state index in [4.69, 9.17) is 26.4 Å². The molecule has 2 rings (SSSR count). The van der Waals surface area contributed by atoms with Crippen molar-refractivity contribution < 1.29 is 19.0 Å². The molecule has 172 valence electrons. The molecule has 0 spiro atoms. The number of methoxy groups -OCH3 is 2. The summed E-state index contributed by atoms with van der Waals surface area (Å²) >= 11 is 5.22. The van der Waals surface area contributed by atoms with Gasteiger partial charge in [0.15, 0.2) is 16.6 Å². The Labute approximate surface area is 196 Å². The zero-order valence-electron chi connectivity index (χ0n) is 19.0. The second-order valence-corrected chi connectivity index (χ2v) is 7.59. The first kappa shape index (κ1) is 25.2. The van der Waals surface area contributed by atoms with E-state index in [-0.39, 0.29) is 11.0 Å². The Morgan fingerprint density at radius 2 is 1.69 bits per heavy atom. The number of benzene rings is 2. The first-order valence-corrected chi connectivity index (χ1v) is 11.2. The number of carbonyl (C=O) groups is 1. The maximum atomic E-state index is 12.2. The normalized spacial score (nSPS) is 10.6. The Hall–Kier alpha value is -3.06. The number of amides is 1. The Kier molecular flexibility index (Phi) is 11.1. The van der Waals surface area contributed by atoms with Crippen LogP contribution in [0.5, 0.6) is 17.2 Å². The molecule has 0 saturated heterocycles. The number of hydrogen-bond acceptors (Lipinski definition) is 5. The summed E-state index contributed by atoms with van der Waals surface area (Å²) in [5.41, 5.74) is 1.58. The fourth-order valence-electron chi connectivity index (χ4n) is 2.97. The van der Waals surface area contributed by atoms with E-state index in [1.807, 2.05) is 30.3 Å². The second-order valence-electron chi connectivity index (χ2n) is 7.18. The van der Waals surface area contributed by atoms with Gasteiger partial charge in [-0.1, -0.05) is 38.7 Å². The van der Waals surface area contributed by atoms with E-state index in [2.05, 4.69) is 17.6 Å². The molecular weight excluding hydrogens is 424 g/mol. The van der Waals surface area contributed by atoms with Gasteiger partial charge >= 0.3 is 0 Å². The number of hydrogen-bond donors (Lipinski definition) is 2. The molecule has 0 bridgehead atoms. The van der Waals surface area contributed by atoms with Crippen molar-refractivity contribution in [3.05, 3.63) is 54.1 Å². The van der Waals surface area contributed by atoms with E-state index in [9.17, 15) is 4.79 Å². The molecule has 2 N–H and O–H groups in total. The Morgan fingerprint density at radius 3 is 2.38 bits per heavy atom. The SMILES string of the molecule is CCCCCCCOc1ccc(NC(=S)NC(=O)C=Cc2ccc(OC)c(OC)c2)cc1. The van der Waals surface area contributed by atoms with Crippen LogP contribution in [0.4, 0.5) is 5.69 Å². The maximum absolute atomic E-state index is 12.2. The molecule has 7 heteroatoms. The predicted octanol–water partition coefficient (Wildman–Crippen LogP) is 5.58. The van der Waals surface area contributed by atoms with Gasteiger partial charge in [-0.25, -0.2) is 0 Å². The third-order valence-corrected chi connectivity index (χ3v) is 4.90. The van der Waals surface area contributed by atoms with Gasteiger partial charge in [-0.3, -0.25) is 10.1 Å². The molecule has 0 aliphatic carbocycles. The fraction of sp³-hybridized carbons (Fsp3) is 0.360. The molecule has 6 nitrogen and oxygen atoms in total. The lowest BCUT2D eigenvalue weighted by Gasteiger charge is -2.10. The molecule has 2 aromatic rings. The Morgan fingerprint density at radius 1 is 0.969 bits per heavy atom. The summed E-state index contributed by atoms with van der Waals surface area (Å²) in [6, 6.07) is 12.9. The molecule has 0 aromatic heterocycles. The van der Waals surface area contributed by atoms with Crippen molar-refractivity contribution in [1.82, 2.24) is 5.32 Å². The quantitative estimate of drug-likeness (QED) is 0.247. The van der Waals surface area contributed by atoms with E-state index in [1.165, 1.54) is 31.8 Å². The van der Waals surface area contributed by atoms with Gasteiger partial charge < -0.3 is 19.5 Å². The number of nitrogens with one attached hydrogen (secondary N) is 2. The van der Waals surface area contributed by atoms with Gasteiger partial charge in [0, 0.05) is 11.8 Å². The Bertz CT molecular complexity index is 897. The van der Waals surface area contributed by atoms with Crippen LogP contribution in [-0.2, 0) is 4.79 Å². The van der Waals surface area contributed by atoms with Crippen molar-refractivity contribution in [2.24, 2.45) is 0 Å². The van der Waals surface area contributed by atoms with Gasteiger partial charge in [0.05, 0.1) is 20.8 Å². The summed E-state index contributed by atoms with van der Waals surface area (Å²) in [6.07, 6.45) is 9.12. The van der Waals surface area contributed by atoms with Crippen molar-refractivity contribution in [2.75, 3.05) is 26.1 Å². The van der Waals surface area contributed by atoms with E-state index in [0.29, 0.717) is 11.5 Å². The summed E-state index contributed by atoms with van der Waals surface area (Å²) in [5.74, 6) is 1.71. The predicted molar refractivity (Wildman–Crippen MR) is 134 cm³/mol. The van der Waals surface area contributed by atoms with E-state index in [1.54, 1.807) is 32.4 Å². The first-order valence-electron chi connectivity index (χ1n) is 10.8. The van der Waals surface area contributed by atoms with Gasteiger partial charge in [-0.15, -0.1) is 0 Å². The molecule has 0 aliphatic heterocycles. The highest BCUT2D eigenvalue weighted by Gasteiger charge is 2.05. The van der Waals surface area contributed by atoms with Crippen LogP contribution in [0, 0.1) is 0 Å². The molecule has 1 amide bonds. The molecule has 2 aromatic carbocycles. The summed E-state index contributed by atoms with van der Waals surface area (Å²) in [6.45, 7) is 2.93. The number of thiocarbonyl (C=S) groups is 1. The monoisotopic (exact) mass is 456 g/mol. The van der Waals surface area contributed by atoms with Crippen LogP contribution < -0.4 is 24.8 Å². The molecule has 0 unspecified atom stereocenters. The number of anilines is 1. The number of carbonyl (C=O) groups excluding carboxylic acids is 1. The first-order chi connectivity index (χ1) is 15.5. The highest BCUT2D eigenvalue weighted by molar-refractivity contribution is 7.80. The van der Waals surface area contributed by atoms with Crippen LogP contribution in [0.25, 0.3) is 6.08 Å². The van der Waals surface area contributed by atoms with Crippen molar-refractivity contribution in [3.63, 3.8) is 0 Å². The van der Waals surface area contributed by atoms with Crippen LogP contribution in [0.3, 0.4) is 0 Å². The minimum Gasteiger partial charge on any atom is -0.494 e. The summed E-state index contributed by atoms with van der Waals surface area (Å²) in [5, 5.41) is 5.84. The van der Waals surface area contributed by atoms with E-state index < -0.39 is 0 Å². The lowest BCUT2D eigenvalue weighted by molar-refractivity contribution is -0.115. The van der Waals surface area contributed by atoms with Crippen molar-refractivity contribution in [3.8, 4) is 17.2 Å². The number of unbranched alkanes of at least 4 members (excludes halogenated alkanes) is 4. The minimum atomic E-state index is -0.333. The van der Waals surface area contributed by atoms with Gasteiger partial charge in [0.1, 0.15) is 5.75 Å². The fourth-order valence-corrected chi connectivity index (χ4v) is 3.19. The summed E-state index contributed by atoms with van der Waals surface area (Å²) < 4.78 is 16.2. The summed E-state index contributed by atoms with van der Waals surface area (Å²) in [7, 11) is 3.14. The van der Waals surface area contributed by atoms with Gasteiger partial charge in [-0.05, 0) is 66.7 Å². The molecule has 0 radical (unpaired) electrons. The second kappa shape index (κ2) is 14.1. The van der Waals surface area contributed by atoms with Crippen LogP contribution >= 0.6 is 12.2 Å². The molecule has 0 fully saturated rings. The van der Waals surface area contributed by atoms with Crippen molar-refractivity contribution >= 4 is 35.0 Å². The Balaban J connectivity index is 1.77. The van der Waals surface area contributed by atoms with Gasteiger partial charge in [-0.2, -0.15) is 0 Å². The lowest BCUT2D eigenvalue weighted by Crippen LogP contribution is -2.32. The highest BCUT2D eigenvalue weighted by Crippen LogP contribution is 2.27. The third kappa shape index (κ3) is 8.98. The van der Waals surface area contributed by atoms with Crippen molar-refractivity contribution in [1.29, 1.82) is 0 Å². The van der Waals surface area contributed by atoms with E-state index >= 15 is 0 Å². The van der Waals surface area contributed by atoms with Gasteiger partial charge in [0.2, 0.25) is 5.91 Å². The zero-order chi connectivity index (χ0) is 23.2. The van der Waals surface area contributed by atoms with Crippen LogP contribution in [-0.4, -0.2) is 31.8 Å². The molecule has 0 saturated carbocycles. The molecule has 0 heterocycles. The van der Waals surface area contributed by atoms with Gasteiger partial charge in [0.25, 0.3) is 0 Å². The van der Waals surface area contributed by atoms with Crippen LogP contribution in [0.15, 0.2) is 48.5 Å². The topological polar surface area (TPSA) is 68.8 Å². The van der Waals surface area contributed by atoms with Crippen molar-refractivity contribution in [2.45, 2.75) is 39.0 Å². The standard InChI is InChI=1S/C25H32N2O4S/c1-4-5-6-7-8-17-31-21-13-11-20(12-14-21)26-25(32)27-24(28)16-10-19-9-15-22(29-2)23(18-19)30-3/h9-16,18H,4-8,17H2,1-3H3,(H2,26,27,28,32). The smallest absolute Gasteiger partial charge is 0.250 e. The highest BCUT2D eigenvalue weighted by atomic mass is 32.1. The minimum absolute atomic E-state index is 0.219. The maximum Gasteiger partial charge on any atom is 0.250 e. The summed E-state index contributed by atoms with van der Waals surface area (Å²) in [4.78, 5) is 12.2. The van der Waals surface area contributed by atoms with Crippen LogP contribution in [0.2, 0.25) is 0 Å². The third-order valence-electron chi connectivity index (χ3n) is 4.70. The lowest BCUT2D eigenvalue weighted by atomic mass is 10.2. The number of rotatable bonds is 12. The number of ether oxygens (including phenoxy) is 3. The largest absolute Gasteiger partial charge is 0.494 e. The average Bonchev–Trinajstić information content (AvgIpc) is 2.80. The zero-order valence-corrected chi connectivity index (χ0v) is 19.8.